The molecule has 0 spiro atoms. The van der Waals surface area contributed by atoms with E-state index in [0.717, 1.165) is 36.2 Å². The molecule has 4 aromatic rings. The van der Waals surface area contributed by atoms with E-state index in [-0.39, 0.29) is 16.8 Å². The van der Waals surface area contributed by atoms with E-state index in [1.807, 2.05) is 25.1 Å². The van der Waals surface area contributed by atoms with E-state index >= 15 is 0 Å². The molecule has 3 heterocycles. The Labute approximate surface area is 201 Å². The molecule has 0 bridgehead atoms. The van der Waals surface area contributed by atoms with Crippen LogP contribution in [0.2, 0.25) is 0 Å². The Morgan fingerprint density at radius 3 is 2.62 bits per heavy atom. The fourth-order valence-corrected chi connectivity index (χ4v) is 5.02. The number of nitrogens with one attached hydrogen (secondary N) is 3. The molecule has 2 aromatic carbocycles. The first-order valence-electron chi connectivity index (χ1n) is 11.4. The summed E-state index contributed by atoms with van der Waals surface area (Å²) in [4.78, 5) is 32.2. The molecule has 2 aromatic heterocycles. The summed E-state index contributed by atoms with van der Waals surface area (Å²) in [5.41, 5.74) is 2.87. The summed E-state index contributed by atoms with van der Waals surface area (Å²) in [6, 6.07) is 15.5. The highest BCUT2D eigenvalue weighted by Gasteiger charge is 2.22. The number of carbonyl (C=O) groups excluding carboxylic acids is 1. The van der Waals surface area contributed by atoms with E-state index in [1.54, 1.807) is 18.2 Å². The molecule has 34 heavy (non-hydrogen) atoms. The number of carbonyl (C=O) groups is 1. The second kappa shape index (κ2) is 9.86. The number of thioether (sulfide) groups is 1. The number of aromatic nitrogens is 5. The van der Waals surface area contributed by atoms with Gasteiger partial charge in [0.2, 0.25) is 5.91 Å². The van der Waals surface area contributed by atoms with Crippen LogP contribution in [0.25, 0.3) is 11.0 Å². The smallest absolute Gasteiger partial charge is 0.323 e. The highest BCUT2D eigenvalue weighted by Crippen LogP contribution is 2.26. The quantitative estimate of drug-likeness (QED) is 0.336. The zero-order valence-corrected chi connectivity index (χ0v) is 19.8. The van der Waals surface area contributed by atoms with E-state index in [9.17, 15) is 9.59 Å². The molecule has 5 rings (SSSR count). The number of amides is 1. The Morgan fingerprint density at radius 1 is 1.06 bits per heavy atom. The van der Waals surface area contributed by atoms with Crippen LogP contribution in [0.15, 0.2) is 58.5 Å². The molecular formula is C24H27N7O2S. The molecule has 0 aliphatic carbocycles. The molecule has 1 aliphatic heterocycles. The van der Waals surface area contributed by atoms with Gasteiger partial charge >= 0.3 is 5.69 Å². The Bertz CT molecular complexity index is 1340. The minimum atomic E-state index is -0.390. The van der Waals surface area contributed by atoms with Crippen LogP contribution in [0.4, 0.5) is 5.69 Å². The van der Waals surface area contributed by atoms with Gasteiger partial charge in [-0.15, -0.1) is 10.2 Å². The van der Waals surface area contributed by atoms with E-state index in [0.29, 0.717) is 23.3 Å². The summed E-state index contributed by atoms with van der Waals surface area (Å²) in [5, 5.41) is 12.2. The predicted molar refractivity (Wildman–Crippen MR) is 133 cm³/mol. The fraction of sp³-hybridized carbons (Fsp3) is 0.333. The number of likely N-dealkylation sites (tertiary alicyclic amines) is 1. The van der Waals surface area contributed by atoms with E-state index in [2.05, 4.69) is 47.1 Å². The Balaban J connectivity index is 1.32. The molecule has 9 nitrogen and oxygen atoms in total. The molecule has 0 saturated carbocycles. The lowest BCUT2D eigenvalue weighted by Crippen LogP contribution is -2.24. The molecule has 1 aliphatic rings. The zero-order chi connectivity index (χ0) is 23.5. The van der Waals surface area contributed by atoms with Crippen LogP contribution in [-0.4, -0.2) is 53.9 Å². The second-order valence-corrected chi connectivity index (χ2v) is 9.85. The lowest BCUT2D eigenvalue weighted by Gasteiger charge is -2.17. The number of rotatable bonds is 8. The molecule has 0 radical (unpaired) electrons. The largest absolute Gasteiger partial charge is 0.325 e. The van der Waals surface area contributed by atoms with Crippen molar-refractivity contribution in [3.8, 4) is 0 Å². The second-order valence-electron chi connectivity index (χ2n) is 8.54. The van der Waals surface area contributed by atoms with Gasteiger partial charge < -0.3 is 19.9 Å². The van der Waals surface area contributed by atoms with Gasteiger partial charge in [-0.3, -0.25) is 9.69 Å². The third-order valence-corrected chi connectivity index (χ3v) is 7.06. The molecule has 3 N–H and O–H groups in total. The van der Waals surface area contributed by atoms with Gasteiger partial charge in [-0.05, 0) is 56.6 Å². The van der Waals surface area contributed by atoms with Crippen molar-refractivity contribution >= 4 is 34.4 Å². The molecule has 0 unspecified atom stereocenters. The highest BCUT2D eigenvalue weighted by atomic mass is 32.2. The van der Waals surface area contributed by atoms with E-state index in [4.69, 9.17) is 0 Å². The SMILES string of the molecule is C[C@@H](Sc1nnc(CN2CCCC2)n1Cc1ccccc1)C(=O)Nc1ccc2[nH]c(=O)[nH]c2c1. The van der Waals surface area contributed by atoms with Crippen LogP contribution < -0.4 is 11.0 Å². The first kappa shape index (κ1) is 22.4. The minimum absolute atomic E-state index is 0.141. The molecular weight excluding hydrogens is 450 g/mol. The number of anilines is 1. The Hall–Kier alpha value is -3.37. The number of H-pyrrole nitrogens is 2. The minimum Gasteiger partial charge on any atom is -0.325 e. The van der Waals surface area contributed by atoms with Crippen molar-refractivity contribution < 1.29 is 4.79 Å². The van der Waals surface area contributed by atoms with Crippen LogP contribution in [0.3, 0.4) is 0 Å². The number of fused-ring (bicyclic) bond motifs is 1. The van der Waals surface area contributed by atoms with Crippen molar-refractivity contribution in [1.82, 2.24) is 29.6 Å². The molecule has 1 saturated heterocycles. The Kier molecular flexibility index (Phi) is 6.50. The van der Waals surface area contributed by atoms with Gasteiger partial charge in [0.25, 0.3) is 0 Å². The monoisotopic (exact) mass is 477 g/mol. The number of benzene rings is 2. The number of hydrogen-bond acceptors (Lipinski definition) is 6. The average molecular weight is 478 g/mol. The number of imidazole rings is 1. The van der Waals surface area contributed by atoms with E-state index in [1.165, 1.54) is 24.6 Å². The summed E-state index contributed by atoms with van der Waals surface area (Å²) in [5.74, 6) is 0.778. The van der Waals surface area contributed by atoms with Crippen molar-refractivity contribution in [2.24, 2.45) is 0 Å². The van der Waals surface area contributed by atoms with Gasteiger partial charge in [-0.1, -0.05) is 42.1 Å². The first-order valence-corrected chi connectivity index (χ1v) is 12.3. The van der Waals surface area contributed by atoms with Crippen molar-refractivity contribution in [2.75, 3.05) is 18.4 Å². The molecule has 1 fully saturated rings. The van der Waals surface area contributed by atoms with Gasteiger partial charge in [0.05, 0.1) is 29.4 Å². The normalized spacial score (nSPS) is 15.1. The maximum Gasteiger partial charge on any atom is 0.323 e. The molecule has 1 atom stereocenters. The summed E-state index contributed by atoms with van der Waals surface area (Å²) >= 11 is 1.40. The van der Waals surface area contributed by atoms with Gasteiger partial charge in [0.15, 0.2) is 5.16 Å². The van der Waals surface area contributed by atoms with Crippen molar-refractivity contribution in [2.45, 2.75) is 43.3 Å². The summed E-state index contributed by atoms with van der Waals surface area (Å²) < 4.78 is 2.12. The molecule has 176 valence electrons. The van der Waals surface area contributed by atoms with Crippen molar-refractivity contribution in [1.29, 1.82) is 0 Å². The highest BCUT2D eigenvalue weighted by molar-refractivity contribution is 8.00. The molecule has 10 heteroatoms. The summed E-state index contributed by atoms with van der Waals surface area (Å²) in [6.07, 6.45) is 2.43. The van der Waals surface area contributed by atoms with Crippen molar-refractivity contribution in [3.63, 3.8) is 0 Å². The average Bonchev–Trinajstić information content (AvgIpc) is 3.56. The first-order chi connectivity index (χ1) is 16.5. The lowest BCUT2D eigenvalue weighted by atomic mass is 10.2. The van der Waals surface area contributed by atoms with Crippen molar-refractivity contribution in [3.05, 3.63) is 70.4 Å². The summed E-state index contributed by atoms with van der Waals surface area (Å²) in [6.45, 7) is 5.44. The lowest BCUT2D eigenvalue weighted by molar-refractivity contribution is -0.115. The van der Waals surface area contributed by atoms with Crippen LogP contribution in [-0.2, 0) is 17.9 Å². The third-order valence-electron chi connectivity index (χ3n) is 5.98. The third kappa shape index (κ3) is 5.07. The van der Waals surface area contributed by atoms with Gasteiger partial charge in [0, 0.05) is 5.69 Å². The van der Waals surface area contributed by atoms with Crippen LogP contribution in [0.5, 0.6) is 0 Å². The number of hydrogen-bond donors (Lipinski definition) is 3. The fourth-order valence-electron chi connectivity index (χ4n) is 4.15. The molecule has 1 amide bonds. The van der Waals surface area contributed by atoms with Gasteiger partial charge in [-0.25, -0.2) is 4.79 Å². The predicted octanol–water partition coefficient (Wildman–Crippen LogP) is 3.21. The number of aromatic amines is 2. The zero-order valence-electron chi connectivity index (χ0n) is 19.0. The van der Waals surface area contributed by atoms with E-state index < -0.39 is 0 Å². The van der Waals surface area contributed by atoms with Crippen LogP contribution in [0, 0.1) is 0 Å². The number of nitrogens with zero attached hydrogens (tertiary/aromatic N) is 4. The van der Waals surface area contributed by atoms with Crippen LogP contribution >= 0.6 is 11.8 Å². The van der Waals surface area contributed by atoms with Crippen LogP contribution in [0.1, 0.15) is 31.2 Å². The maximum atomic E-state index is 12.9. The topological polar surface area (TPSA) is 112 Å². The maximum absolute atomic E-state index is 12.9. The standard InChI is InChI=1S/C24H27N7O2S/c1-16(22(32)25-18-9-10-19-20(13-18)27-23(33)26-19)34-24-29-28-21(15-30-11-5-6-12-30)31(24)14-17-7-3-2-4-8-17/h2-4,7-10,13,16H,5-6,11-12,14-15H2,1H3,(H,25,32)(H2,26,27,33)/t16-/m1/s1. The van der Waals surface area contributed by atoms with Gasteiger partial charge in [0.1, 0.15) is 5.82 Å². The van der Waals surface area contributed by atoms with Gasteiger partial charge in [-0.2, -0.15) is 0 Å². The summed E-state index contributed by atoms with van der Waals surface area (Å²) in [7, 11) is 0. The Morgan fingerprint density at radius 2 is 1.82 bits per heavy atom.